The van der Waals surface area contributed by atoms with E-state index in [-0.39, 0.29) is 5.78 Å². The van der Waals surface area contributed by atoms with Gasteiger partial charge in [0.2, 0.25) is 0 Å². The molecular weight excluding hydrogens is 258 g/mol. The lowest BCUT2D eigenvalue weighted by Crippen LogP contribution is -2.26. The number of carbonyl (C=O) groups is 1. The monoisotopic (exact) mass is 271 g/mol. The number of Topliss-reactive ketones (excluding diaryl/α,β-unsaturated/α-hetero) is 1. The number of dihydropyridines is 1. The number of allylic oxidation sites excluding steroid dienone is 3. The molecule has 1 aromatic heterocycles. The summed E-state index contributed by atoms with van der Waals surface area (Å²) in [5.41, 5.74) is 2.57. The molecule has 0 aliphatic carbocycles. The molecule has 0 radical (unpaired) electrons. The zero-order valence-corrected chi connectivity index (χ0v) is 11.5. The first-order valence-electron chi connectivity index (χ1n) is 5.78. The second-order valence-electron chi connectivity index (χ2n) is 4.31. The van der Waals surface area contributed by atoms with Gasteiger partial charge in [0, 0.05) is 23.7 Å². The third-order valence-corrected chi connectivity index (χ3v) is 3.41. The normalized spacial score (nSPS) is 18.9. The van der Waals surface area contributed by atoms with Crippen LogP contribution in [0.25, 0.3) is 0 Å². The maximum absolute atomic E-state index is 11.9. The lowest BCUT2D eigenvalue weighted by Gasteiger charge is -2.27. The fraction of sp³-hybridized carbons (Fsp3) is 0.214. The predicted molar refractivity (Wildman–Crippen MR) is 75.1 cm³/mol. The molecule has 0 spiro atoms. The summed E-state index contributed by atoms with van der Waals surface area (Å²) in [5.74, 6) is -0.461. The van der Waals surface area contributed by atoms with Gasteiger partial charge in [-0.2, -0.15) is 5.26 Å². The zero-order valence-electron chi connectivity index (χ0n) is 10.6. The molecule has 0 saturated carbocycles. The van der Waals surface area contributed by atoms with E-state index in [1.807, 2.05) is 13.0 Å². The van der Waals surface area contributed by atoms with Gasteiger partial charge in [0.05, 0.1) is 22.6 Å². The predicted octanol–water partition coefficient (Wildman–Crippen LogP) is 2.30. The van der Waals surface area contributed by atoms with Gasteiger partial charge in [-0.3, -0.25) is 9.78 Å². The van der Waals surface area contributed by atoms with Crippen molar-refractivity contribution in [3.63, 3.8) is 0 Å². The van der Waals surface area contributed by atoms with Gasteiger partial charge < -0.3 is 5.32 Å². The third kappa shape index (κ3) is 2.40. The highest BCUT2D eigenvalue weighted by Crippen LogP contribution is 2.38. The number of nitrogens with one attached hydrogen (secondary N) is 1. The Morgan fingerprint density at radius 1 is 1.58 bits per heavy atom. The molecule has 1 aromatic rings. The summed E-state index contributed by atoms with van der Waals surface area (Å²) in [4.78, 5) is 15.9. The Morgan fingerprint density at radius 2 is 2.32 bits per heavy atom. The van der Waals surface area contributed by atoms with Crippen LogP contribution in [-0.4, -0.2) is 10.8 Å². The molecule has 0 amide bonds. The van der Waals surface area contributed by atoms with Crippen LogP contribution >= 0.6 is 12.6 Å². The van der Waals surface area contributed by atoms with Gasteiger partial charge in [-0.15, -0.1) is 12.6 Å². The fourth-order valence-electron chi connectivity index (χ4n) is 2.27. The first-order valence-corrected chi connectivity index (χ1v) is 6.22. The highest BCUT2D eigenvalue weighted by Gasteiger charge is 2.31. The van der Waals surface area contributed by atoms with E-state index in [0.717, 1.165) is 11.3 Å². The van der Waals surface area contributed by atoms with Crippen LogP contribution in [0.1, 0.15) is 25.3 Å². The molecule has 0 saturated heterocycles. The standard InChI is InChI=1S/C14H13N3OS/c1-8-12(9(2)18)13(10-4-3-5-16-7-10)11(6-15)14(19)17-8/h3-5,7,13,17,19H,1-2H3/t13-/m1/s1. The number of nitriles is 1. The maximum atomic E-state index is 11.9. The van der Waals surface area contributed by atoms with Crippen LogP contribution in [-0.2, 0) is 4.79 Å². The minimum Gasteiger partial charge on any atom is -0.353 e. The number of carbonyl (C=O) groups excluding carboxylic acids is 1. The van der Waals surface area contributed by atoms with E-state index in [1.54, 1.807) is 18.5 Å². The molecule has 0 unspecified atom stereocenters. The van der Waals surface area contributed by atoms with Gasteiger partial charge >= 0.3 is 0 Å². The molecular formula is C14H13N3OS. The molecule has 1 N–H and O–H groups in total. The molecule has 5 heteroatoms. The van der Waals surface area contributed by atoms with Crippen LogP contribution in [0.15, 0.2) is 46.4 Å². The highest BCUT2D eigenvalue weighted by molar-refractivity contribution is 7.84. The van der Waals surface area contributed by atoms with Crippen molar-refractivity contribution in [3.05, 3.63) is 52.0 Å². The number of hydrogen-bond acceptors (Lipinski definition) is 5. The summed E-state index contributed by atoms with van der Waals surface area (Å²) in [5, 5.41) is 12.8. The Balaban J connectivity index is 2.65. The zero-order chi connectivity index (χ0) is 14.0. The number of nitrogens with zero attached hydrogens (tertiary/aromatic N) is 2. The molecule has 4 nitrogen and oxygen atoms in total. The number of aromatic nitrogens is 1. The van der Waals surface area contributed by atoms with E-state index in [4.69, 9.17) is 0 Å². The van der Waals surface area contributed by atoms with Gasteiger partial charge in [0.15, 0.2) is 5.78 Å². The summed E-state index contributed by atoms with van der Waals surface area (Å²) in [6.07, 6.45) is 3.33. The summed E-state index contributed by atoms with van der Waals surface area (Å²) in [6.45, 7) is 3.31. The average molecular weight is 271 g/mol. The molecule has 0 bridgehead atoms. The molecule has 0 aromatic carbocycles. The van der Waals surface area contributed by atoms with Crippen molar-refractivity contribution in [1.82, 2.24) is 10.3 Å². The van der Waals surface area contributed by atoms with E-state index >= 15 is 0 Å². The number of ketones is 1. The van der Waals surface area contributed by atoms with Crippen LogP contribution in [0.2, 0.25) is 0 Å². The van der Waals surface area contributed by atoms with Gasteiger partial charge in [-0.05, 0) is 25.5 Å². The average Bonchev–Trinajstić information content (AvgIpc) is 2.38. The van der Waals surface area contributed by atoms with Crippen molar-refractivity contribution in [2.45, 2.75) is 19.8 Å². The van der Waals surface area contributed by atoms with Gasteiger partial charge in [-0.1, -0.05) is 6.07 Å². The van der Waals surface area contributed by atoms with Gasteiger partial charge in [-0.25, -0.2) is 0 Å². The smallest absolute Gasteiger partial charge is 0.158 e. The molecule has 1 aliphatic rings. The van der Waals surface area contributed by atoms with Crippen LogP contribution in [0.5, 0.6) is 0 Å². The van der Waals surface area contributed by atoms with Crippen molar-refractivity contribution >= 4 is 18.4 Å². The number of hydrogen-bond donors (Lipinski definition) is 2. The number of pyridine rings is 1. The lowest BCUT2D eigenvalue weighted by atomic mass is 9.81. The van der Waals surface area contributed by atoms with E-state index in [1.165, 1.54) is 6.92 Å². The Kier molecular flexibility index (Phi) is 3.72. The van der Waals surface area contributed by atoms with E-state index < -0.39 is 5.92 Å². The number of thiol groups is 1. The maximum Gasteiger partial charge on any atom is 0.158 e. The first kappa shape index (κ1) is 13.4. The van der Waals surface area contributed by atoms with E-state index in [9.17, 15) is 10.1 Å². The van der Waals surface area contributed by atoms with Crippen LogP contribution in [0.4, 0.5) is 0 Å². The van der Waals surface area contributed by atoms with Crippen LogP contribution < -0.4 is 5.32 Å². The molecule has 1 aliphatic heterocycles. The molecule has 2 heterocycles. The molecule has 0 fully saturated rings. The summed E-state index contributed by atoms with van der Waals surface area (Å²) in [6, 6.07) is 5.78. The van der Waals surface area contributed by atoms with E-state index in [0.29, 0.717) is 16.2 Å². The minimum atomic E-state index is -0.398. The first-order chi connectivity index (χ1) is 9.06. The summed E-state index contributed by atoms with van der Waals surface area (Å²) in [7, 11) is 0. The van der Waals surface area contributed by atoms with Gasteiger partial charge in [0.1, 0.15) is 0 Å². The molecule has 2 rings (SSSR count). The Labute approximate surface area is 117 Å². The number of rotatable bonds is 2. The summed E-state index contributed by atoms with van der Waals surface area (Å²) >= 11 is 4.29. The highest BCUT2D eigenvalue weighted by atomic mass is 32.1. The van der Waals surface area contributed by atoms with Crippen molar-refractivity contribution in [2.24, 2.45) is 0 Å². The molecule has 1 atom stereocenters. The van der Waals surface area contributed by atoms with Crippen LogP contribution in [0, 0.1) is 11.3 Å². The fourth-order valence-corrected chi connectivity index (χ4v) is 2.62. The molecule has 19 heavy (non-hydrogen) atoms. The van der Waals surface area contributed by atoms with Gasteiger partial charge in [0.25, 0.3) is 0 Å². The Hall–Kier alpha value is -2.06. The SMILES string of the molecule is CC(=O)C1=C(C)NC(S)=C(C#N)[C@H]1c1cccnc1. The topological polar surface area (TPSA) is 65.8 Å². The largest absolute Gasteiger partial charge is 0.353 e. The Morgan fingerprint density at radius 3 is 2.84 bits per heavy atom. The third-order valence-electron chi connectivity index (χ3n) is 3.06. The second kappa shape index (κ2) is 5.29. The quantitative estimate of drug-likeness (QED) is 0.810. The lowest BCUT2D eigenvalue weighted by molar-refractivity contribution is -0.113. The van der Waals surface area contributed by atoms with Crippen molar-refractivity contribution in [1.29, 1.82) is 5.26 Å². The Bertz CT molecular complexity index is 626. The molecule has 96 valence electrons. The van der Waals surface area contributed by atoms with E-state index in [2.05, 4.69) is 29.0 Å². The summed E-state index contributed by atoms with van der Waals surface area (Å²) < 4.78 is 0. The second-order valence-corrected chi connectivity index (χ2v) is 4.76. The van der Waals surface area contributed by atoms with Crippen molar-refractivity contribution in [3.8, 4) is 6.07 Å². The van der Waals surface area contributed by atoms with Crippen LogP contribution in [0.3, 0.4) is 0 Å². The minimum absolute atomic E-state index is 0.0626. The van der Waals surface area contributed by atoms with Crippen molar-refractivity contribution < 1.29 is 4.79 Å². The van der Waals surface area contributed by atoms with Crippen molar-refractivity contribution in [2.75, 3.05) is 0 Å².